The van der Waals surface area contributed by atoms with Crippen LogP contribution in [0.5, 0.6) is 0 Å². The average Bonchev–Trinajstić information content (AvgIpc) is 2.44. The van der Waals surface area contributed by atoms with Crippen molar-refractivity contribution in [1.82, 2.24) is 4.72 Å². The predicted molar refractivity (Wildman–Crippen MR) is 84.4 cm³/mol. The molecular formula is C16H27NO2S. The Morgan fingerprint density at radius 3 is 2.15 bits per heavy atom. The van der Waals surface area contributed by atoms with E-state index in [1.54, 1.807) is 12.1 Å². The maximum absolute atomic E-state index is 12.1. The van der Waals surface area contributed by atoms with Crippen molar-refractivity contribution in [3.05, 3.63) is 29.8 Å². The molecule has 0 aliphatic carbocycles. The molecule has 114 valence electrons. The molecule has 0 unspecified atom stereocenters. The van der Waals surface area contributed by atoms with Gasteiger partial charge in [-0.3, -0.25) is 0 Å². The topological polar surface area (TPSA) is 46.2 Å². The second-order valence-electron chi connectivity index (χ2n) is 5.21. The van der Waals surface area contributed by atoms with E-state index in [-0.39, 0.29) is 0 Å². The third-order valence-corrected chi connectivity index (χ3v) is 4.82. The van der Waals surface area contributed by atoms with E-state index in [0.717, 1.165) is 25.7 Å². The molecule has 0 bridgehead atoms. The number of hydrogen-bond acceptors (Lipinski definition) is 2. The Hall–Kier alpha value is -0.870. The molecule has 0 atom stereocenters. The number of unbranched alkanes of at least 4 members (excludes halogenated alkanes) is 4. The van der Waals surface area contributed by atoms with Crippen molar-refractivity contribution in [2.45, 2.75) is 63.7 Å². The summed E-state index contributed by atoms with van der Waals surface area (Å²) in [6.07, 6.45) is 7.68. The van der Waals surface area contributed by atoms with Gasteiger partial charge in [-0.1, -0.05) is 58.1 Å². The molecule has 1 N–H and O–H groups in total. The van der Waals surface area contributed by atoms with Gasteiger partial charge in [-0.05, 0) is 30.5 Å². The summed E-state index contributed by atoms with van der Waals surface area (Å²) in [6.45, 7) is 4.82. The standard InChI is InChI=1S/C16H27NO2S/c1-3-5-6-7-8-14-17-20(18,19)16-12-10-15(9-4-2)11-13-16/h10-13,17H,3-9,14H2,1-2H3. The van der Waals surface area contributed by atoms with Gasteiger partial charge in [0.15, 0.2) is 0 Å². The minimum Gasteiger partial charge on any atom is -0.211 e. The third kappa shape index (κ3) is 6.06. The molecule has 4 heteroatoms. The van der Waals surface area contributed by atoms with Crippen LogP contribution in [0.1, 0.15) is 57.9 Å². The van der Waals surface area contributed by atoms with Crippen LogP contribution >= 0.6 is 0 Å². The molecule has 0 fully saturated rings. The van der Waals surface area contributed by atoms with Crippen LogP contribution < -0.4 is 4.72 Å². The van der Waals surface area contributed by atoms with Crippen LogP contribution in [-0.2, 0) is 16.4 Å². The molecule has 3 nitrogen and oxygen atoms in total. The van der Waals surface area contributed by atoms with Crippen molar-refractivity contribution in [1.29, 1.82) is 0 Å². The Balaban J connectivity index is 2.43. The van der Waals surface area contributed by atoms with Gasteiger partial charge in [-0.2, -0.15) is 0 Å². The zero-order valence-electron chi connectivity index (χ0n) is 12.7. The number of aryl methyl sites for hydroxylation is 1. The number of benzene rings is 1. The zero-order valence-corrected chi connectivity index (χ0v) is 13.5. The van der Waals surface area contributed by atoms with E-state index < -0.39 is 10.0 Å². The molecule has 1 aromatic carbocycles. The van der Waals surface area contributed by atoms with Crippen LogP contribution in [0, 0.1) is 0 Å². The molecule has 0 spiro atoms. The lowest BCUT2D eigenvalue weighted by Crippen LogP contribution is -2.24. The molecular weight excluding hydrogens is 270 g/mol. The first-order valence-electron chi connectivity index (χ1n) is 7.68. The third-order valence-electron chi connectivity index (χ3n) is 3.34. The molecule has 20 heavy (non-hydrogen) atoms. The molecule has 0 heterocycles. The quantitative estimate of drug-likeness (QED) is 0.666. The molecule has 0 aliphatic rings. The van der Waals surface area contributed by atoms with Crippen LogP contribution in [0.15, 0.2) is 29.2 Å². The summed E-state index contributed by atoms with van der Waals surface area (Å²) < 4.78 is 26.8. The minimum absolute atomic E-state index is 0.367. The first kappa shape index (κ1) is 17.2. The van der Waals surface area contributed by atoms with Gasteiger partial charge in [0.05, 0.1) is 4.90 Å². The fraction of sp³-hybridized carbons (Fsp3) is 0.625. The van der Waals surface area contributed by atoms with E-state index in [9.17, 15) is 8.42 Å². The number of hydrogen-bond donors (Lipinski definition) is 1. The summed E-state index contributed by atoms with van der Waals surface area (Å²) in [4.78, 5) is 0.367. The van der Waals surface area contributed by atoms with Gasteiger partial charge in [0.2, 0.25) is 10.0 Å². The van der Waals surface area contributed by atoms with Gasteiger partial charge >= 0.3 is 0 Å². The van der Waals surface area contributed by atoms with Crippen molar-refractivity contribution < 1.29 is 8.42 Å². The SMILES string of the molecule is CCCCCCCNS(=O)(=O)c1ccc(CCC)cc1. The molecule has 0 aromatic heterocycles. The Labute approximate surface area is 123 Å². The van der Waals surface area contributed by atoms with Crippen molar-refractivity contribution in [2.24, 2.45) is 0 Å². The highest BCUT2D eigenvalue weighted by Gasteiger charge is 2.12. The van der Waals surface area contributed by atoms with Crippen molar-refractivity contribution in [3.63, 3.8) is 0 Å². The van der Waals surface area contributed by atoms with Crippen LogP contribution in [0.25, 0.3) is 0 Å². The highest BCUT2D eigenvalue weighted by Crippen LogP contribution is 2.12. The largest absolute Gasteiger partial charge is 0.240 e. The minimum atomic E-state index is -3.33. The summed E-state index contributed by atoms with van der Waals surface area (Å²) >= 11 is 0. The molecule has 0 saturated carbocycles. The van der Waals surface area contributed by atoms with Crippen molar-refractivity contribution >= 4 is 10.0 Å². The molecule has 0 aliphatic heterocycles. The van der Waals surface area contributed by atoms with Gasteiger partial charge in [-0.15, -0.1) is 0 Å². The van der Waals surface area contributed by atoms with E-state index in [1.165, 1.54) is 24.8 Å². The lowest BCUT2D eigenvalue weighted by molar-refractivity contribution is 0.571. The van der Waals surface area contributed by atoms with E-state index in [0.29, 0.717) is 11.4 Å². The maximum Gasteiger partial charge on any atom is 0.240 e. The number of nitrogens with one attached hydrogen (secondary N) is 1. The molecule has 1 aromatic rings. The Morgan fingerprint density at radius 1 is 0.900 bits per heavy atom. The van der Waals surface area contributed by atoms with E-state index in [4.69, 9.17) is 0 Å². The highest BCUT2D eigenvalue weighted by atomic mass is 32.2. The zero-order chi connectivity index (χ0) is 14.8. The first-order chi connectivity index (χ1) is 9.60. The van der Waals surface area contributed by atoms with E-state index in [1.807, 2.05) is 12.1 Å². The fourth-order valence-electron chi connectivity index (χ4n) is 2.14. The maximum atomic E-state index is 12.1. The summed E-state index contributed by atoms with van der Waals surface area (Å²) in [6, 6.07) is 7.20. The predicted octanol–water partition coefficient (Wildman–Crippen LogP) is 3.89. The number of sulfonamides is 1. The van der Waals surface area contributed by atoms with Crippen LogP contribution in [0.4, 0.5) is 0 Å². The molecule has 0 radical (unpaired) electrons. The molecule has 1 rings (SSSR count). The second kappa shape index (κ2) is 9.14. The van der Waals surface area contributed by atoms with Gasteiger partial charge in [0.25, 0.3) is 0 Å². The highest BCUT2D eigenvalue weighted by molar-refractivity contribution is 7.89. The summed E-state index contributed by atoms with van der Waals surface area (Å²) in [7, 11) is -3.33. The van der Waals surface area contributed by atoms with Crippen molar-refractivity contribution in [2.75, 3.05) is 6.54 Å². The first-order valence-corrected chi connectivity index (χ1v) is 9.17. The van der Waals surface area contributed by atoms with Crippen LogP contribution in [-0.4, -0.2) is 15.0 Å². The van der Waals surface area contributed by atoms with Crippen molar-refractivity contribution in [3.8, 4) is 0 Å². The Morgan fingerprint density at radius 2 is 1.55 bits per heavy atom. The van der Waals surface area contributed by atoms with Gasteiger partial charge < -0.3 is 0 Å². The van der Waals surface area contributed by atoms with Gasteiger partial charge in [0, 0.05) is 6.54 Å². The van der Waals surface area contributed by atoms with Gasteiger partial charge in [-0.25, -0.2) is 13.1 Å². The lowest BCUT2D eigenvalue weighted by Gasteiger charge is -2.07. The summed E-state index contributed by atoms with van der Waals surface area (Å²) in [5, 5.41) is 0. The Kier molecular flexibility index (Phi) is 7.85. The lowest BCUT2D eigenvalue weighted by atomic mass is 10.1. The normalized spacial score (nSPS) is 11.7. The average molecular weight is 297 g/mol. The fourth-order valence-corrected chi connectivity index (χ4v) is 3.22. The molecule has 0 amide bonds. The van der Waals surface area contributed by atoms with Crippen LogP contribution in [0.3, 0.4) is 0 Å². The summed E-state index contributed by atoms with van der Waals surface area (Å²) in [5.74, 6) is 0. The smallest absolute Gasteiger partial charge is 0.211 e. The van der Waals surface area contributed by atoms with Crippen LogP contribution in [0.2, 0.25) is 0 Å². The molecule has 0 saturated heterocycles. The Bertz CT molecular complexity index is 466. The van der Waals surface area contributed by atoms with E-state index >= 15 is 0 Å². The van der Waals surface area contributed by atoms with Gasteiger partial charge in [0.1, 0.15) is 0 Å². The second-order valence-corrected chi connectivity index (χ2v) is 6.97. The van der Waals surface area contributed by atoms with E-state index in [2.05, 4.69) is 18.6 Å². The monoisotopic (exact) mass is 297 g/mol. The number of rotatable bonds is 10. The summed E-state index contributed by atoms with van der Waals surface area (Å²) in [5.41, 5.74) is 1.19.